The maximum atomic E-state index is 13.3. The normalized spacial score (nSPS) is 10.6. The van der Waals surface area contributed by atoms with Crippen LogP contribution in [-0.2, 0) is 14.3 Å². The van der Waals surface area contributed by atoms with Crippen molar-refractivity contribution >= 4 is 29.5 Å². The number of carbonyl (C=O) groups is 2. The fraction of sp³-hybridized carbons (Fsp3) is 0.0667. The predicted molar refractivity (Wildman–Crippen MR) is 80.3 cm³/mol. The van der Waals surface area contributed by atoms with Crippen LogP contribution in [-0.4, -0.2) is 23.4 Å². The summed E-state index contributed by atoms with van der Waals surface area (Å²) in [7, 11) is 0. The first kappa shape index (κ1) is 17.8. The Bertz CT molecular complexity index is 846. The van der Waals surface area contributed by atoms with Crippen LogP contribution in [0.3, 0.4) is 0 Å². The maximum absolute atomic E-state index is 13.3. The summed E-state index contributed by atoms with van der Waals surface area (Å²) >= 11 is 0. The zero-order chi connectivity index (χ0) is 18.4. The summed E-state index contributed by atoms with van der Waals surface area (Å²) in [5.74, 6) is -3.86. The summed E-state index contributed by atoms with van der Waals surface area (Å²) in [5, 5.41) is 12.5. The number of furan rings is 1. The Morgan fingerprint density at radius 2 is 2.04 bits per heavy atom. The molecule has 10 heteroatoms. The number of nitro groups is 1. The molecule has 1 aromatic carbocycles. The summed E-state index contributed by atoms with van der Waals surface area (Å²) in [6, 6.07) is 4.86. The zero-order valence-electron chi connectivity index (χ0n) is 12.4. The van der Waals surface area contributed by atoms with E-state index in [0.29, 0.717) is 0 Å². The van der Waals surface area contributed by atoms with Gasteiger partial charge in [-0.3, -0.25) is 14.9 Å². The van der Waals surface area contributed by atoms with E-state index in [1.807, 2.05) is 5.32 Å². The molecule has 1 N–H and O–H groups in total. The molecule has 0 saturated carbocycles. The van der Waals surface area contributed by atoms with Crippen LogP contribution in [0.2, 0.25) is 0 Å². The molecular formula is C15H10F2N2O6. The van der Waals surface area contributed by atoms with Crippen LogP contribution in [0.25, 0.3) is 6.08 Å². The van der Waals surface area contributed by atoms with Gasteiger partial charge in [0.05, 0.1) is 11.8 Å². The van der Waals surface area contributed by atoms with Crippen molar-refractivity contribution in [3.8, 4) is 0 Å². The standard InChI is InChI=1S/C15H10F2N2O6/c16-9-1-4-11(17)12(7-9)18-13(20)8-24-15(21)6-3-10-2-5-14(25-10)19(22)23/h1-7H,8H2,(H,18,20)/b6-3+. The van der Waals surface area contributed by atoms with Gasteiger partial charge in [-0.05, 0) is 24.3 Å². The van der Waals surface area contributed by atoms with Gasteiger partial charge in [0.25, 0.3) is 5.91 Å². The molecule has 25 heavy (non-hydrogen) atoms. The first-order valence-corrected chi connectivity index (χ1v) is 6.69. The minimum Gasteiger partial charge on any atom is -0.452 e. The Morgan fingerprint density at radius 1 is 1.28 bits per heavy atom. The largest absolute Gasteiger partial charge is 0.452 e. The highest BCUT2D eigenvalue weighted by molar-refractivity contribution is 5.94. The number of halogens is 2. The zero-order valence-corrected chi connectivity index (χ0v) is 12.4. The Balaban J connectivity index is 1.84. The summed E-state index contributed by atoms with van der Waals surface area (Å²) in [6.07, 6.45) is 2.00. The van der Waals surface area contributed by atoms with Crippen LogP contribution in [0.15, 0.2) is 40.8 Å². The molecule has 0 bridgehead atoms. The molecule has 0 fully saturated rings. The third-order valence-corrected chi connectivity index (χ3v) is 2.72. The fourth-order valence-electron chi connectivity index (χ4n) is 1.64. The number of carbonyl (C=O) groups excluding carboxylic acids is 2. The number of nitrogens with one attached hydrogen (secondary N) is 1. The first-order chi connectivity index (χ1) is 11.8. The summed E-state index contributed by atoms with van der Waals surface area (Å²) < 4.78 is 35.7. The van der Waals surface area contributed by atoms with Gasteiger partial charge in [0.1, 0.15) is 22.3 Å². The molecule has 1 aromatic heterocycles. The van der Waals surface area contributed by atoms with E-state index in [1.165, 1.54) is 6.07 Å². The number of anilines is 1. The topological polar surface area (TPSA) is 112 Å². The monoisotopic (exact) mass is 352 g/mol. The minimum absolute atomic E-state index is 0.0370. The van der Waals surface area contributed by atoms with Gasteiger partial charge < -0.3 is 14.5 Å². The van der Waals surface area contributed by atoms with Gasteiger partial charge in [-0.1, -0.05) is 0 Å². The summed E-state index contributed by atoms with van der Waals surface area (Å²) in [6.45, 7) is -0.739. The summed E-state index contributed by atoms with van der Waals surface area (Å²) in [4.78, 5) is 32.7. The lowest BCUT2D eigenvalue weighted by Gasteiger charge is -2.06. The minimum atomic E-state index is -0.936. The molecule has 0 aliphatic heterocycles. The lowest BCUT2D eigenvalue weighted by atomic mass is 10.3. The average Bonchev–Trinajstić information content (AvgIpc) is 3.04. The number of hydrogen-bond acceptors (Lipinski definition) is 6. The second-order valence-corrected chi connectivity index (χ2v) is 4.55. The maximum Gasteiger partial charge on any atom is 0.433 e. The Labute approximate surface area is 138 Å². The van der Waals surface area contributed by atoms with Gasteiger partial charge in [-0.2, -0.15) is 0 Å². The van der Waals surface area contributed by atoms with Crippen LogP contribution < -0.4 is 5.32 Å². The number of nitrogens with zero attached hydrogens (tertiary/aromatic N) is 1. The molecular weight excluding hydrogens is 342 g/mol. The van der Waals surface area contributed by atoms with Gasteiger partial charge in [0.15, 0.2) is 6.61 Å². The van der Waals surface area contributed by atoms with Crippen molar-refractivity contribution < 1.29 is 32.4 Å². The van der Waals surface area contributed by atoms with Crippen molar-refractivity contribution in [1.82, 2.24) is 0 Å². The van der Waals surface area contributed by atoms with Crippen LogP contribution >= 0.6 is 0 Å². The molecule has 130 valence electrons. The highest BCUT2D eigenvalue weighted by atomic mass is 19.1. The number of esters is 1. The lowest BCUT2D eigenvalue weighted by Crippen LogP contribution is -2.20. The quantitative estimate of drug-likeness (QED) is 0.370. The molecule has 0 spiro atoms. The van der Waals surface area contributed by atoms with Crippen molar-refractivity contribution in [3.05, 3.63) is 63.9 Å². The number of rotatable bonds is 6. The van der Waals surface area contributed by atoms with Gasteiger partial charge in [0, 0.05) is 12.1 Å². The molecule has 0 saturated heterocycles. The van der Waals surface area contributed by atoms with E-state index in [0.717, 1.165) is 36.4 Å². The molecule has 0 unspecified atom stereocenters. The molecule has 0 atom stereocenters. The Morgan fingerprint density at radius 3 is 2.72 bits per heavy atom. The van der Waals surface area contributed by atoms with Crippen molar-refractivity contribution in [3.63, 3.8) is 0 Å². The van der Waals surface area contributed by atoms with E-state index < -0.39 is 40.9 Å². The third kappa shape index (κ3) is 5.23. The molecule has 1 heterocycles. The van der Waals surface area contributed by atoms with E-state index >= 15 is 0 Å². The highest BCUT2D eigenvalue weighted by Crippen LogP contribution is 2.17. The molecule has 0 aliphatic carbocycles. The SMILES string of the molecule is O=C(COC(=O)/C=C/c1ccc([N+](=O)[O-])o1)Nc1cc(F)ccc1F. The van der Waals surface area contributed by atoms with Crippen molar-refractivity contribution in [2.75, 3.05) is 11.9 Å². The van der Waals surface area contributed by atoms with Gasteiger partial charge in [-0.15, -0.1) is 0 Å². The molecule has 8 nitrogen and oxygen atoms in total. The Hall–Kier alpha value is -3.56. The predicted octanol–water partition coefficient (Wildman–Crippen LogP) is 2.66. The molecule has 1 amide bonds. The highest BCUT2D eigenvalue weighted by Gasteiger charge is 2.12. The Kier molecular flexibility index (Phi) is 5.56. The van der Waals surface area contributed by atoms with E-state index in [-0.39, 0.29) is 11.4 Å². The van der Waals surface area contributed by atoms with Crippen LogP contribution in [0.1, 0.15) is 5.76 Å². The van der Waals surface area contributed by atoms with Crippen molar-refractivity contribution in [2.45, 2.75) is 0 Å². The van der Waals surface area contributed by atoms with Gasteiger partial charge in [0.2, 0.25) is 0 Å². The second-order valence-electron chi connectivity index (χ2n) is 4.55. The molecule has 0 aliphatic rings. The first-order valence-electron chi connectivity index (χ1n) is 6.69. The van der Waals surface area contributed by atoms with Crippen LogP contribution in [0.5, 0.6) is 0 Å². The van der Waals surface area contributed by atoms with E-state index in [1.54, 1.807) is 0 Å². The third-order valence-electron chi connectivity index (χ3n) is 2.72. The van der Waals surface area contributed by atoms with Crippen molar-refractivity contribution in [1.29, 1.82) is 0 Å². The average molecular weight is 352 g/mol. The fourth-order valence-corrected chi connectivity index (χ4v) is 1.64. The lowest BCUT2D eigenvalue weighted by molar-refractivity contribution is -0.402. The smallest absolute Gasteiger partial charge is 0.433 e. The molecule has 0 radical (unpaired) electrons. The number of ether oxygens (including phenoxy) is 1. The number of amides is 1. The van der Waals surface area contributed by atoms with E-state index in [4.69, 9.17) is 4.42 Å². The molecule has 2 rings (SSSR count). The van der Waals surface area contributed by atoms with E-state index in [2.05, 4.69) is 4.74 Å². The van der Waals surface area contributed by atoms with Gasteiger partial charge in [-0.25, -0.2) is 13.6 Å². The van der Waals surface area contributed by atoms with Crippen LogP contribution in [0, 0.1) is 21.7 Å². The van der Waals surface area contributed by atoms with Crippen molar-refractivity contribution in [2.24, 2.45) is 0 Å². The van der Waals surface area contributed by atoms with Gasteiger partial charge >= 0.3 is 11.9 Å². The second kappa shape index (κ2) is 7.81. The molecule has 2 aromatic rings. The number of benzene rings is 1. The summed E-state index contributed by atoms with van der Waals surface area (Å²) in [5.41, 5.74) is -0.389. The van der Waals surface area contributed by atoms with Crippen LogP contribution in [0.4, 0.5) is 20.4 Å². The number of hydrogen-bond donors (Lipinski definition) is 1. The van der Waals surface area contributed by atoms with E-state index in [9.17, 15) is 28.5 Å².